The average Bonchev–Trinajstić information content (AvgIpc) is 2.15. The van der Waals surface area contributed by atoms with E-state index in [1.54, 1.807) is 12.4 Å². The summed E-state index contributed by atoms with van der Waals surface area (Å²) in [6.07, 6.45) is 8.45. The maximum atomic E-state index is 4.11. The lowest BCUT2D eigenvalue weighted by atomic mass is 10.3. The first-order chi connectivity index (χ1) is 6.33. The van der Waals surface area contributed by atoms with E-state index in [0.717, 1.165) is 23.3 Å². The highest BCUT2D eigenvalue weighted by atomic mass is 79.9. The van der Waals surface area contributed by atoms with Crippen LogP contribution in [0.5, 0.6) is 0 Å². The fourth-order valence-electron chi connectivity index (χ4n) is 0.825. The van der Waals surface area contributed by atoms with Crippen LogP contribution in [0.1, 0.15) is 12.2 Å². The molecule has 0 amide bonds. The summed E-state index contributed by atoms with van der Waals surface area (Å²) < 4.78 is 0.903. The summed E-state index contributed by atoms with van der Waals surface area (Å²) in [5.74, 6) is 0.749. The molecular formula is C9H12BrN3. The largest absolute Gasteiger partial charge is 0.319 e. The molecule has 0 saturated carbocycles. The molecule has 0 unspecified atom stereocenters. The molecule has 0 saturated heterocycles. The Morgan fingerprint density at radius 1 is 1.46 bits per heavy atom. The van der Waals surface area contributed by atoms with Crippen LogP contribution < -0.4 is 5.32 Å². The first-order valence-corrected chi connectivity index (χ1v) is 4.91. The highest BCUT2D eigenvalue weighted by molar-refractivity contribution is 9.10. The van der Waals surface area contributed by atoms with Gasteiger partial charge in [0.15, 0.2) is 5.82 Å². The van der Waals surface area contributed by atoms with Crippen LogP contribution >= 0.6 is 15.9 Å². The number of hydrogen-bond acceptors (Lipinski definition) is 3. The van der Waals surface area contributed by atoms with Crippen molar-refractivity contribution in [3.63, 3.8) is 0 Å². The molecular weight excluding hydrogens is 230 g/mol. The van der Waals surface area contributed by atoms with Crippen molar-refractivity contribution in [2.75, 3.05) is 13.6 Å². The minimum atomic E-state index is 0.749. The van der Waals surface area contributed by atoms with Gasteiger partial charge in [-0.3, -0.25) is 0 Å². The first kappa shape index (κ1) is 10.3. The molecule has 0 aromatic carbocycles. The predicted molar refractivity (Wildman–Crippen MR) is 57.3 cm³/mol. The van der Waals surface area contributed by atoms with E-state index in [2.05, 4.69) is 37.3 Å². The second-order valence-electron chi connectivity index (χ2n) is 2.55. The zero-order valence-corrected chi connectivity index (χ0v) is 9.08. The quantitative estimate of drug-likeness (QED) is 0.819. The summed E-state index contributed by atoms with van der Waals surface area (Å²) in [6, 6.07) is 0. The number of halogens is 1. The number of aromatic nitrogens is 2. The van der Waals surface area contributed by atoms with Gasteiger partial charge in [0.25, 0.3) is 0 Å². The number of rotatable bonds is 4. The van der Waals surface area contributed by atoms with E-state index in [-0.39, 0.29) is 0 Å². The van der Waals surface area contributed by atoms with Crippen LogP contribution in [-0.4, -0.2) is 23.6 Å². The van der Waals surface area contributed by atoms with Gasteiger partial charge < -0.3 is 5.32 Å². The summed E-state index contributed by atoms with van der Waals surface area (Å²) in [4.78, 5) is 8.22. The van der Waals surface area contributed by atoms with Crippen molar-refractivity contribution in [1.82, 2.24) is 15.3 Å². The molecule has 1 aromatic heterocycles. The Balaban J connectivity index is 2.44. The van der Waals surface area contributed by atoms with Crippen LogP contribution in [0.3, 0.4) is 0 Å². The molecule has 0 bridgehead atoms. The highest BCUT2D eigenvalue weighted by Gasteiger charge is 1.89. The third kappa shape index (κ3) is 4.15. The van der Waals surface area contributed by atoms with Crippen LogP contribution in [0.15, 0.2) is 22.9 Å². The van der Waals surface area contributed by atoms with Crippen LogP contribution in [0.25, 0.3) is 6.08 Å². The summed E-state index contributed by atoms with van der Waals surface area (Å²) in [5, 5.41) is 3.06. The molecule has 0 radical (unpaired) electrons. The van der Waals surface area contributed by atoms with Crippen LogP contribution in [0.2, 0.25) is 0 Å². The highest BCUT2D eigenvalue weighted by Crippen LogP contribution is 2.05. The SMILES string of the molecule is CNCCC=Cc1ncc(Br)cn1. The van der Waals surface area contributed by atoms with Gasteiger partial charge in [0.05, 0.1) is 4.47 Å². The Labute approximate surface area is 86.4 Å². The van der Waals surface area contributed by atoms with Crippen molar-refractivity contribution in [3.05, 3.63) is 28.8 Å². The van der Waals surface area contributed by atoms with Gasteiger partial charge in [0.1, 0.15) is 0 Å². The van der Waals surface area contributed by atoms with E-state index in [0.29, 0.717) is 0 Å². The topological polar surface area (TPSA) is 37.8 Å². The van der Waals surface area contributed by atoms with E-state index in [1.807, 2.05) is 13.1 Å². The number of nitrogens with zero attached hydrogens (tertiary/aromatic N) is 2. The van der Waals surface area contributed by atoms with Gasteiger partial charge in [-0.25, -0.2) is 9.97 Å². The molecule has 1 heterocycles. The molecule has 0 aliphatic carbocycles. The van der Waals surface area contributed by atoms with Gasteiger partial charge in [-0.05, 0) is 42.0 Å². The minimum Gasteiger partial charge on any atom is -0.319 e. The van der Waals surface area contributed by atoms with Crippen molar-refractivity contribution in [2.45, 2.75) is 6.42 Å². The van der Waals surface area contributed by atoms with Gasteiger partial charge in [-0.1, -0.05) is 6.08 Å². The molecule has 0 fully saturated rings. The Kier molecular flexibility index (Phi) is 4.64. The molecule has 1 aromatic rings. The molecule has 3 nitrogen and oxygen atoms in total. The molecule has 0 aliphatic heterocycles. The van der Waals surface area contributed by atoms with Crippen molar-refractivity contribution in [3.8, 4) is 0 Å². The van der Waals surface area contributed by atoms with Crippen LogP contribution in [-0.2, 0) is 0 Å². The summed E-state index contributed by atoms with van der Waals surface area (Å²) >= 11 is 3.28. The third-order valence-electron chi connectivity index (χ3n) is 1.47. The Morgan fingerprint density at radius 3 is 2.77 bits per heavy atom. The molecule has 4 heteroatoms. The molecule has 0 aliphatic rings. The zero-order valence-electron chi connectivity index (χ0n) is 7.50. The van der Waals surface area contributed by atoms with Crippen molar-refractivity contribution >= 4 is 22.0 Å². The molecule has 1 rings (SSSR count). The van der Waals surface area contributed by atoms with E-state index in [1.165, 1.54) is 0 Å². The van der Waals surface area contributed by atoms with Crippen molar-refractivity contribution in [1.29, 1.82) is 0 Å². The average molecular weight is 242 g/mol. The summed E-state index contributed by atoms with van der Waals surface area (Å²) in [5.41, 5.74) is 0. The number of nitrogens with one attached hydrogen (secondary N) is 1. The molecule has 0 atom stereocenters. The fourth-order valence-corrected chi connectivity index (χ4v) is 1.03. The van der Waals surface area contributed by atoms with Gasteiger partial charge in [-0.15, -0.1) is 0 Å². The molecule has 13 heavy (non-hydrogen) atoms. The number of hydrogen-bond donors (Lipinski definition) is 1. The monoisotopic (exact) mass is 241 g/mol. The lowest BCUT2D eigenvalue weighted by molar-refractivity contribution is 0.809. The van der Waals surface area contributed by atoms with Crippen LogP contribution in [0, 0.1) is 0 Å². The van der Waals surface area contributed by atoms with Crippen LogP contribution in [0.4, 0.5) is 0 Å². The van der Waals surface area contributed by atoms with E-state index < -0.39 is 0 Å². The Hall–Kier alpha value is -0.740. The Morgan fingerprint density at radius 2 is 2.15 bits per heavy atom. The molecule has 0 spiro atoms. The van der Waals surface area contributed by atoms with E-state index in [9.17, 15) is 0 Å². The Bertz CT molecular complexity index is 269. The molecule has 1 N–H and O–H groups in total. The fraction of sp³-hybridized carbons (Fsp3) is 0.333. The maximum absolute atomic E-state index is 4.11. The summed E-state index contributed by atoms with van der Waals surface area (Å²) in [6.45, 7) is 0.979. The second-order valence-corrected chi connectivity index (χ2v) is 3.47. The smallest absolute Gasteiger partial charge is 0.151 e. The maximum Gasteiger partial charge on any atom is 0.151 e. The van der Waals surface area contributed by atoms with Crippen molar-refractivity contribution in [2.24, 2.45) is 0 Å². The van der Waals surface area contributed by atoms with Crippen molar-refractivity contribution < 1.29 is 0 Å². The predicted octanol–water partition coefficient (Wildman–Crippen LogP) is 1.86. The normalized spacial score (nSPS) is 10.9. The van der Waals surface area contributed by atoms with Gasteiger partial charge >= 0.3 is 0 Å². The molecule has 70 valence electrons. The lowest BCUT2D eigenvalue weighted by Crippen LogP contribution is -2.05. The van der Waals surface area contributed by atoms with E-state index in [4.69, 9.17) is 0 Å². The summed E-state index contributed by atoms with van der Waals surface area (Å²) in [7, 11) is 1.93. The van der Waals surface area contributed by atoms with Gasteiger partial charge in [0.2, 0.25) is 0 Å². The van der Waals surface area contributed by atoms with Gasteiger partial charge in [-0.2, -0.15) is 0 Å². The standard InChI is InChI=1S/C9H12BrN3/c1-11-5-3-2-4-9-12-6-8(10)7-13-9/h2,4,6-7,11H,3,5H2,1H3. The minimum absolute atomic E-state index is 0.749. The second kappa shape index (κ2) is 5.83. The van der Waals surface area contributed by atoms with Gasteiger partial charge in [0, 0.05) is 12.4 Å². The zero-order chi connectivity index (χ0) is 9.52. The third-order valence-corrected chi connectivity index (χ3v) is 1.88. The lowest BCUT2D eigenvalue weighted by Gasteiger charge is -1.92. The van der Waals surface area contributed by atoms with E-state index >= 15 is 0 Å². The first-order valence-electron chi connectivity index (χ1n) is 4.11.